The average molecular weight is 1530 g/mol. The lowest BCUT2D eigenvalue weighted by Crippen LogP contribution is -2.26. The van der Waals surface area contributed by atoms with E-state index in [1.807, 2.05) is 0 Å². The summed E-state index contributed by atoms with van der Waals surface area (Å²) in [5, 5.41) is 20.5. The van der Waals surface area contributed by atoms with Gasteiger partial charge < -0.3 is 113 Å². The van der Waals surface area contributed by atoms with Crippen LogP contribution in [-0.4, -0.2) is 277 Å². The van der Waals surface area contributed by atoms with Gasteiger partial charge in [0.2, 0.25) is 29.5 Å². The van der Waals surface area contributed by atoms with Gasteiger partial charge in [0.1, 0.15) is 6.54 Å². The molecule has 0 unspecified atom stereocenters. The lowest BCUT2D eigenvalue weighted by atomic mass is 10.2. The number of nitrogens with two attached hydrogens (primary N) is 6. The largest absolute Gasteiger partial charge is 0.379 e. The third-order valence-electron chi connectivity index (χ3n) is 12.7. The Kier molecular flexibility index (Phi) is 116. The van der Waals surface area contributed by atoms with Gasteiger partial charge in [-0.2, -0.15) is 37.9 Å². The molecule has 0 aliphatic rings. The van der Waals surface area contributed by atoms with Crippen LogP contribution in [0.4, 0.5) is 0 Å². The molecule has 0 bridgehead atoms. The Morgan fingerprint density at radius 2 is 0.598 bits per heavy atom. The number of hydrogen-bond donors (Lipinski definition) is 14. The first-order valence-corrected chi connectivity index (χ1v) is 38.6. The maximum Gasteiger partial charge on any atom is 0.229 e. The van der Waals surface area contributed by atoms with Crippen molar-refractivity contribution in [1.82, 2.24) is 26.6 Å². The molecule has 0 saturated carbocycles. The number of carbonyl (C=O) groups excluding carboxylic acids is 5. The van der Waals surface area contributed by atoms with Gasteiger partial charge in [-0.15, -0.1) is 0 Å². The van der Waals surface area contributed by atoms with E-state index in [1.54, 1.807) is 0 Å². The topological polar surface area (TPSA) is 501 Å². The highest BCUT2D eigenvalue weighted by Gasteiger charge is 2.04. The Hall–Kier alpha value is -3.66. The van der Waals surface area contributed by atoms with Crippen molar-refractivity contribution in [2.75, 3.05) is 248 Å². The Labute approximate surface area is 628 Å². The minimum Gasteiger partial charge on any atom is -0.379 e. The molecule has 0 aromatic rings. The number of ether oxygens (including phenoxy) is 11. The van der Waals surface area contributed by atoms with Crippen molar-refractivity contribution in [3.8, 4) is 0 Å². The molecule has 36 heteroatoms. The van der Waals surface area contributed by atoms with E-state index in [4.69, 9.17) is 97.6 Å². The summed E-state index contributed by atoms with van der Waals surface area (Å²) < 4.78 is 58.0. The fraction of sp³-hybridized carbons (Fsp3) is 0.924. The van der Waals surface area contributed by atoms with Crippen LogP contribution in [0.25, 0.3) is 20.9 Å². The summed E-state index contributed by atoms with van der Waals surface area (Å²) in [5.74, 6) is 1.92. The molecule has 0 radical (unpaired) electrons. The van der Waals surface area contributed by atoms with Crippen molar-refractivity contribution in [3.63, 3.8) is 0 Å². The van der Waals surface area contributed by atoms with Crippen LogP contribution >= 0.6 is 37.9 Å². The SMILES string of the molecule is CCCOCCOCCOCCOCCC(=O)NCCCCCN.NCCCCCNC(=O)CCCCCS.NCCCCCNC(=O)CCOCCOCCOCCOCCS.NCCCCCNC(=O)CS.[N-]=[N+]=NCC(=O)NCCCCCN.[N-]=[N+]=NCCOCCOCCOCCN. The van der Waals surface area contributed by atoms with Crippen molar-refractivity contribution >= 4 is 67.4 Å². The number of hydrogen-bond acceptors (Lipinski definition) is 27. The molecule has 0 aromatic heterocycles. The van der Waals surface area contributed by atoms with E-state index >= 15 is 0 Å². The first-order valence-electron chi connectivity index (χ1n) is 36.7. The number of azide groups is 2. The maximum atomic E-state index is 11.5. The molecular weight excluding hydrogens is 1380 g/mol. The summed E-state index contributed by atoms with van der Waals surface area (Å²) >= 11 is 12.0. The van der Waals surface area contributed by atoms with Crippen molar-refractivity contribution < 1.29 is 76.1 Å². The van der Waals surface area contributed by atoms with Gasteiger partial charge in [0.25, 0.3) is 0 Å². The predicted molar refractivity (Wildman–Crippen MR) is 415 cm³/mol. The minimum absolute atomic E-state index is 0.00100. The molecule has 33 nitrogen and oxygen atoms in total. The van der Waals surface area contributed by atoms with Crippen LogP contribution in [-0.2, 0) is 76.1 Å². The van der Waals surface area contributed by atoms with E-state index in [9.17, 15) is 24.0 Å². The average Bonchev–Trinajstić information content (AvgIpc) is 3.82. The van der Waals surface area contributed by atoms with Crippen LogP contribution in [0, 0.1) is 0 Å². The van der Waals surface area contributed by atoms with Crippen LogP contribution in [0.2, 0.25) is 0 Å². The van der Waals surface area contributed by atoms with E-state index < -0.39 is 0 Å². The number of unbranched alkanes of at least 4 members (excludes halogenated alkanes) is 12. The summed E-state index contributed by atoms with van der Waals surface area (Å²) in [6, 6.07) is 0. The smallest absolute Gasteiger partial charge is 0.229 e. The van der Waals surface area contributed by atoms with E-state index in [1.165, 1.54) is 0 Å². The van der Waals surface area contributed by atoms with E-state index in [0.29, 0.717) is 210 Å². The number of thiol groups is 3. The summed E-state index contributed by atoms with van der Waals surface area (Å²) in [7, 11) is 0. The van der Waals surface area contributed by atoms with Crippen LogP contribution in [0.3, 0.4) is 0 Å². The first-order chi connectivity index (χ1) is 50.0. The van der Waals surface area contributed by atoms with Gasteiger partial charge in [0.15, 0.2) is 0 Å². The van der Waals surface area contributed by atoms with Crippen molar-refractivity contribution in [3.05, 3.63) is 20.9 Å². The van der Waals surface area contributed by atoms with Crippen LogP contribution in [0.5, 0.6) is 0 Å². The number of nitrogens with one attached hydrogen (secondary N) is 5. The highest BCUT2D eigenvalue weighted by Crippen LogP contribution is 2.02. The summed E-state index contributed by atoms with van der Waals surface area (Å²) in [6.45, 7) is 21.9. The van der Waals surface area contributed by atoms with Gasteiger partial charge in [-0.25, -0.2) is 0 Å². The Morgan fingerprint density at radius 1 is 0.304 bits per heavy atom. The van der Waals surface area contributed by atoms with Gasteiger partial charge in [-0.05, 0) is 133 Å². The molecule has 0 fully saturated rings. The highest BCUT2D eigenvalue weighted by molar-refractivity contribution is 7.81. The normalized spacial score (nSPS) is 10.3. The molecule has 0 spiro atoms. The number of rotatable bonds is 72. The van der Waals surface area contributed by atoms with Gasteiger partial charge in [0, 0.05) is 87.3 Å². The van der Waals surface area contributed by atoms with Crippen LogP contribution in [0.1, 0.15) is 148 Å². The lowest BCUT2D eigenvalue weighted by Gasteiger charge is -2.07. The zero-order chi connectivity index (χ0) is 76.5. The number of nitrogens with zero attached hydrogens (tertiary/aromatic N) is 6. The number of carbonyl (C=O) groups is 5. The molecule has 0 saturated heterocycles. The zero-order valence-corrected chi connectivity index (χ0v) is 65.1. The fourth-order valence-corrected chi connectivity index (χ4v) is 7.72. The second-order valence-electron chi connectivity index (χ2n) is 21.8. The lowest BCUT2D eigenvalue weighted by molar-refractivity contribution is -0.123. The molecule has 606 valence electrons. The molecule has 0 heterocycles. The molecule has 0 aliphatic heterocycles. The van der Waals surface area contributed by atoms with Gasteiger partial charge in [-0.3, -0.25) is 24.0 Å². The third kappa shape index (κ3) is 120. The molecule has 0 atom stereocenters. The van der Waals surface area contributed by atoms with E-state index in [0.717, 1.165) is 166 Å². The predicted octanol–water partition coefficient (Wildman–Crippen LogP) is 4.45. The zero-order valence-electron chi connectivity index (χ0n) is 62.4. The standard InChI is InChI=1S/C17H36N2O5.C16H34N2O5S.C11H24N2OS.C8H18N4O3.C7H15N5O.C7H16N2OS/c1-2-9-21-11-13-23-15-16-24-14-12-22-10-6-17(20)19-8-5-3-4-7-18;17-5-2-1-3-6-18-16(19)4-7-20-8-9-21-10-11-22-12-13-23-14-15-24;12-8-4-2-5-9-13-11(14)7-3-1-6-10-15;9-1-3-13-5-7-15-8-6-14-4-2-11-12-10;8-4-2-1-3-5-10-7(13)6-11-12-9;8-4-2-1-3-5-9-7(10)6-11/h2-16,18H2,1H3,(H,19,20);24H,1-15,17H2,(H,18,19);15H,1-10,12H2,(H,13,14);1-9H2;1-6,8H2,(H,10,13);11H,1-6,8H2,(H,9,10). The molecule has 102 heavy (non-hydrogen) atoms. The molecule has 17 N–H and O–H groups in total. The van der Waals surface area contributed by atoms with Gasteiger partial charge >= 0.3 is 0 Å². The molecular formula is C66H143N17O16S3. The molecule has 0 aromatic carbocycles. The molecule has 0 aliphatic carbocycles. The second-order valence-corrected chi connectivity index (χ2v) is 23.0. The van der Waals surface area contributed by atoms with E-state index in [2.05, 4.69) is 91.4 Å². The summed E-state index contributed by atoms with van der Waals surface area (Å²) in [5.41, 5.74) is 47.9. The Morgan fingerprint density at radius 3 is 0.912 bits per heavy atom. The first kappa shape index (κ1) is 109. The van der Waals surface area contributed by atoms with E-state index in [-0.39, 0.29) is 41.8 Å². The Bertz CT molecular complexity index is 1740. The Balaban J connectivity index is -0.000000278. The summed E-state index contributed by atoms with van der Waals surface area (Å²) in [4.78, 5) is 60.8. The summed E-state index contributed by atoms with van der Waals surface area (Å²) in [6.07, 6.45) is 21.0. The quantitative estimate of drug-likeness (QED) is 0.0131. The minimum atomic E-state index is -0.231. The second kappa shape index (κ2) is 108. The van der Waals surface area contributed by atoms with Crippen LogP contribution in [0.15, 0.2) is 10.2 Å². The van der Waals surface area contributed by atoms with Gasteiger partial charge in [-0.1, -0.05) is 55.7 Å². The fourth-order valence-electron chi connectivity index (χ4n) is 7.25. The monoisotopic (exact) mass is 1530 g/mol. The maximum absolute atomic E-state index is 11.5. The van der Waals surface area contributed by atoms with Gasteiger partial charge in [0.05, 0.1) is 144 Å². The third-order valence-corrected chi connectivity index (χ3v) is 13.5. The van der Waals surface area contributed by atoms with Crippen molar-refractivity contribution in [2.24, 2.45) is 44.6 Å². The molecule has 5 amide bonds. The van der Waals surface area contributed by atoms with Crippen LogP contribution < -0.4 is 61.0 Å². The highest BCUT2D eigenvalue weighted by atomic mass is 32.1. The number of amides is 5. The van der Waals surface area contributed by atoms with Crippen molar-refractivity contribution in [1.29, 1.82) is 0 Å². The molecule has 0 rings (SSSR count). The van der Waals surface area contributed by atoms with Crippen molar-refractivity contribution in [2.45, 2.75) is 148 Å².